The van der Waals surface area contributed by atoms with Crippen LogP contribution in [0.15, 0.2) is 0 Å². The Morgan fingerprint density at radius 1 is 0.842 bits per heavy atom. The number of alkyl carbamates (subject to hydrolysis) is 2. The van der Waals surface area contributed by atoms with Gasteiger partial charge in [-0.05, 0) is 0 Å². The normalized spacial score (nSPS) is 8.74. The molecule has 0 saturated carbocycles. The Morgan fingerprint density at radius 3 is 1.63 bits per heavy atom. The van der Waals surface area contributed by atoms with Gasteiger partial charge in [-0.1, -0.05) is 11.8 Å². The van der Waals surface area contributed by atoms with Crippen molar-refractivity contribution in [2.24, 2.45) is 0 Å². The first-order valence-electron chi connectivity index (χ1n) is 5.46. The largest absolute Gasteiger partial charge is 0.447 e. The number of terminal acetylenes is 2. The van der Waals surface area contributed by atoms with Crippen molar-refractivity contribution in [1.29, 1.82) is 0 Å². The van der Waals surface area contributed by atoms with Crippen LogP contribution >= 0.6 is 0 Å². The fraction of sp³-hybridized carbons (Fsp3) is 0.500. The van der Waals surface area contributed by atoms with Gasteiger partial charge < -0.3 is 24.8 Å². The van der Waals surface area contributed by atoms with E-state index >= 15 is 0 Å². The van der Waals surface area contributed by atoms with Crippen molar-refractivity contribution in [3.8, 4) is 24.7 Å². The molecule has 0 aromatic heterocycles. The predicted octanol–water partition coefficient (Wildman–Crippen LogP) is -0.278. The van der Waals surface area contributed by atoms with Crippen LogP contribution in [0.4, 0.5) is 9.59 Å². The van der Waals surface area contributed by atoms with Crippen molar-refractivity contribution in [2.45, 2.75) is 0 Å². The zero-order valence-electron chi connectivity index (χ0n) is 10.4. The fourth-order valence-corrected chi connectivity index (χ4v) is 0.837. The third kappa shape index (κ3) is 11.9. The minimum atomic E-state index is -0.605. The van der Waals surface area contributed by atoms with Crippen LogP contribution in [0.2, 0.25) is 0 Å². The van der Waals surface area contributed by atoms with Gasteiger partial charge in [0.05, 0.1) is 26.3 Å². The summed E-state index contributed by atoms with van der Waals surface area (Å²) >= 11 is 0. The summed E-state index contributed by atoms with van der Waals surface area (Å²) in [7, 11) is 0. The quantitative estimate of drug-likeness (QED) is 0.467. The molecule has 2 amide bonds. The molecule has 0 aliphatic rings. The Balaban J connectivity index is 3.28. The summed E-state index contributed by atoms with van der Waals surface area (Å²) < 4.78 is 14.5. The molecule has 0 radical (unpaired) electrons. The summed E-state index contributed by atoms with van der Waals surface area (Å²) in [4.78, 5) is 21.8. The number of amides is 2. The summed E-state index contributed by atoms with van der Waals surface area (Å²) in [5, 5.41) is 4.64. The summed E-state index contributed by atoms with van der Waals surface area (Å²) in [6.07, 6.45) is 8.67. The molecule has 0 rings (SSSR count). The predicted molar refractivity (Wildman–Crippen MR) is 67.2 cm³/mol. The monoisotopic (exact) mass is 268 g/mol. The van der Waals surface area contributed by atoms with Crippen LogP contribution in [0.5, 0.6) is 0 Å². The van der Waals surface area contributed by atoms with Crippen LogP contribution in [0.25, 0.3) is 0 Å². The van der Waals surface area contributed by atoms with Gasteiger partial charge in [-0.25, -0.2) is 9.59 Å². The number of ether oxygens (including phenoxy) is 3. The number of hydrogen-bond acceptors (Lipinski definition) is 5. The van der Waals surface area contributed by atoms with E-state index in [2.05, 4.69) is 22.5 Å². The van der Waals surface area contributed by atoms with Crippen LogP contribution in [0, 0.1) is 24.7 Å². The van der Waals surface area contributed by atoms with E-state index in [1.54, 1.807) is 0 Å². The fourth-order valence-electron chi connectivity index (χ4n) is 0.837. The van der Waals surface area contributed by atoms with Crippen LogP contribution in [-0.2, 0) is 14.2 Å². The minimum absolute atomic E-state index is 0.0830. The van der Waals surface area contributed by atoms with E-state index in [1.165, 1.54) is 0 Å². The molecular formula is C12H16N2O5. The van der Waals surface area contributed by atoms with Gasteiger partial charge >= 0.3 is 12.2 Å². The summed E-state index contributed by atoms with van der Waals surface area (Å²) in [5.41, 5.74) is 0. The second kappa shape index (κ2) is 12.1. The van der Waals surface area contributed by atoms with Crippen LogP contribution in [-0.4, -0.2) is 51.7 Å². The first-order valence-corrected chi connectivity index (χ1v) is 5.46. The first-order chi connectivity index (χ1) is 9.20. The van der Waals surface area contributed by atoms with E-state index in [0.29, 0.717) is 0 Å². The zero-order valence-corrected chi connectivity index (χ0v) is 10.4. The molecule has 0 atom stereocenters. The second-order valence-electron chi connectivity index (χ2n) is 3.00. The maximum Gasteiger partial charge on any atom is 0.407 e. The molecule has 19 heavy (non-hydrogen) atoms. The van der Waals surface area contributed by atoms with E-state index in [1.807, 2.05) is 0 Å². The average Bonchev–Trinajstić information content (AvgIpc) is 2.41. The third-order valence-electron chi connectivity index (χ3n) is 1.59. The molecule has 0 fully saturated rings. The van der Waals surface area contributed by atoms with Gasteiger partial charge in [0.1, 0.15) is 13.2 Å². The maximum absolute atomic E-state index is 10.9. The van der Waals surface area contributed by atoms with Crippen molar-refractivity contribution >= 4 is 12.2 Å². The molecule has 7 heteroatoms. The van der Waals surface area contributed by atoms with Gasteiger partial charge in [0.25, 0.3) is 0 Å². The lowest BCUT2D eigenvalue weighted by Gasteiger charge is -2.07. The van der Waals surface area contributed by atoms with Gasteiger partial charge in [0.2, 0.25) is 0 Å². The van der Waals surface area contributed by atoms with Gasteiger partial charge in [0.15, 0.2) is 0 Å². The van der Waals surface area contributed by atoms with E-state index in [0.717, 1.165) is 0 Å². The number of carbonyl (C=O) groups excluding carboxylic acids is 2. The molecule has 0 saturated heterocycles. The van der Waals surface area contributed by atoms with E-state index in [9.17, 15) is 9.59 Å². The number of nitrogens with one attached hydrogen (secondary N) is 2. The lowest BCUT2D eigenvalue weighted by Crippen LogP contribution is -2.27. The lowest BCUT2D eigenvalue weighted by molar-refractivity contribution is 0.0461. The molecular weight excluding hydrogens is 252 g/mol. The molecule has 2 N–H and O–H groups in total. The Kier molecular flexibility index (Phi) is 10.6. The van der Waals surface area contributed by atoms with Crippen LogP contribution in [0.1, 0.15) is 0 Å². The van der Waals surface area contributed by atoms with Gasteiger partial charge in [-0.15, -0.1) is 12.8 Å². The molecule has 0 spiro atoms. The molecule has 0 aromatic carbocycles. The second-order valence-corrected chi connectivity index (χ2v) is 3.00. The lowest BCUT2D eigenvalue weighted by atomic mass is 10.7. The van der Waals surface area contributed by atoms with Crippen molar-refractivity contribution in [3.05, 3.63) is 0 Å². The highest BCUT2D eigenvalue weighted by atomic mass is 16.6. The van der Waals surface area contributed by atoms with Gasteiger partial charge in [-0.2, -0.15) is 0 Å². The standard InChI is InChI=1S/C12H16N2O5/c1-3-5-13-11(15)18-9-7-17-8-10-19-12(16)14-6-4-2/h1-2H,5-10H2,(H,13,15)(H,14,16). The SMILES string of the molecule is C#CCNC(=O)OCCOCCOC(=O)NCC#C. The van der Waals surface area contributed by atoms with E-state index in [4.69, 9.17) is 27.1 Å². The number of carbonyl (C=O) groups is 2. The topological polar surface area (TPSA) is 85.9 Å². The van der Waals surface area contributed by atoms with Gasteiger partial charge in [0, 0.05) is 0 Å². The van der Waals surface area contributed by atoms with Crippen molar-refractivity contribution < 1.29 is 23.8 Å². The molecule has 104 valence electrons. The molecule has 0 aromatic rings. The minimum Gasteiger partial charge on any atom is -0.447 e. The molecule has 0 unspecified atom stereocenters. The molecule has 7 nitrogen and oxygen atoms in total. The summed E-state index contributed by atoms with van der Waals surface area (Å²) in [6.45, 7) is 0.775. The Hall–Kier alpha value is -2.38. The Morgan fingerprint density at radius 2 is 1.26 bits per heavy atom. The van der Waals surface area contributed by atoms with E-state index in [-0.39, 0.29) is 39.5 Å². The van der Waals surface area contributed by atoms with Crippen LogP contribution in [0.3, 0.4) is 0 Å². The average molecular weight is 268 g/mol. The molecule has 0 bridgehead atoms. The molecule has 0 heterocycles. The number of hydrogen-bond donors (Lipinski definition) is 2. The Bertz CT molecular complexity index is 322. The smallest absolute Gasteiger partial charge is 0.407 e. The zero-order chi connectivity index (χ0) is 14.3. The van der Waals surface area contributed by atoms with Gasteiger partial charge in [-0.3, -0.25) is 0 Å². The van der Waals surface area contributed by atoms with E-state index < -0.39 is 12.2 Å². The highest BCUT2D eigenvalue weighted by Crippen LogP contribution is 1.83. The molecule has 0 aliphatic heterocycles. The Labute approximate surface area is 112 Å². The highest BCUT2D eigenvalue weighted by Gasteiger charge is 2.00. The highest BCUT2D eigenvalue weighted by molar-refractivity contribution is 5.67. The summed E-state index contributed by atoms with van der Waals surface area (Å²) in [5.74, 6) is 4.46. The first kappa shape index (κ1) is 16.6. The summed E-state index contributed by atoms with van der Waals surface area (Å²) in [6, 6.07) is 0. The third-order valence-corrected chi connectivity index (χ3v) is 1.59. The molecule has 0 aliphatic carbocycles. The van der Waals surface area contributed by atoms with Crippen molar-refractivity contribution in [2.75, 3.05) is 39.5 Å². The van der Waals surface area contributed by atoms with Crippen molar-refractivity contribution in [1.82, 2.24) is 10.6 Å². The number of rotatable bonds is 8. The van der Waals surface area contributed by atoms with Crippen molar-refractivity contribution in [3.63, 3.8) is 0 Å². The maximum atomic E-state index is 10.9. The van der Waals surface area contributed by atoms with Crippen LogP contribution < -0.4 is 10.6 Å².